The minimum absolute atomic E-state index is 0.0672. The van der Waals surface area contributed by atoms with E-state index in [1.165, 1.54) is 6.07 Å². The van der Waals surface area contributed by atoms with Gasteiger partial charge in [-0.15, -0.1) is 0 Å². The first-order valence-electron chi connectivity index (χ1n) is 14.6. The number of piperidine rings is 1. The van der Waals surface area contributed by atoms with Crippen molar-refractivity contribution in [1.29, 1.82) is 0 Å². The van der Waals surface area contributed by atoms with Crippen LogP contribution in [0.25, 0.3) is 0 Å². The summed E-state index contributed by atoms with van der Waals surface area (Å²) in [4.78, 5) is 19.6. The number of alkyl halides is 3. The lowest BCUT2D eigenvalue weighted by molar-refractivity contribution is -0.137. The van der Waals surface area contributed by atoms with Crippen LogP contribution in [0, 0.1) is 17.7 Å². The van der Waals surface area contributed by atoms with Gasteiger partial charge in [-0.25, -0.2) is 4.39 Å². The molecule has 3 fully saturated rings. The minimum atomic E-state index is -4.33. The van der Waals surface area contributed by atoms with Crippen LogP contribution >= 0.6 is 0 Å². The SMILES string of the molecule is O=C(CC1CCCC1)N(CC1CCN(Cc2ccc(C(F)(F)F)cc2)CC1)c1ccc(N2CCOCC2)c(F)c1. The number of ether oxygens (including phenoxy) is 1. The number of hydrogen-bond donors (Lipinski definition) is 0. The lowest BCUT2D eigenvalue weighted by Gasteiger charge is -2.35. The molecule has 2 saturated heterocycles. The molecule has 1 saturated carbocycles. The van der Waals surface area contributed by atoms with Crippen LogP contribution in [0.5, 0.6) is 0 Å². The number of carbonyl (C=O) groups is 1. The summed E-state index contributed by atoms with van der Waals surface area (Å²) < 4.78 is 59.3. The zero-order valence-corrected chi connectivity index (χ0v) is 23.0. The molecular formula is C31H39F4N3O2. The fraction of sp³-hybridized carbons (Fsp3) is 0.581. The van der Waals surface area contributed by atoms with Crippen LogP contribution < -0.4 is 9.80 Å². The fourth-order valence-corrected chi connectivity index (χ4v) is 6.29. The molecule has 0 radical (unpaired) electrons. The summed E-state index contributed by atoms with van der Waals surface area (Å²) in [5.41, 5.74) is 1.39. The number of rotatable bonds is 8. The second-order valence-corrected chi connectivity index (χ2v) is 11.5. The van der Waals surface area contributed by atoms with E-state index in [2.05, 4.69) is 4.90 Å². The summed E-state index contributed by atoms with van der Waals surface area (Å²) in [7, 11) is 0. The van der Waals surface area contributed by atoms with Gasteiger partial charge in [-0.05, 0) is 86.5 Å². The van der Waals surface area contributed by atoms with E-state index in [-0.39, 0.29) is 17.6 Å². The smallest absolute Gasteiger partial charge is 0.378 e. The number of benzene rings is 2. The quantitative estimate of drug-likeness (QED) is 0.345. The van der Waals surface area contributed by atoms with Crippen molar-refractivity contribution in [3.63, 3.8) is 0 Å². The molecule has 2 aliphatic heterocycles. The number of likely N-dealkylation sites (tertiary alicyclic amines) is 1. The van der Waals surface area contributed by atoms with E-state index in [4.69, 9.17) is 4.74 Å². The van der Waals surface area contributed by atoms with Gasteiger partial charge in [-0.3, -0.25) is 9.69 Å². The highest BCUT2D eigenvalue weighted by Gasteiger charge is 2.31. The Bertz CT molecular complexity index is 1120. The molecule has 0 unspecified atom stereocenters. The van der Waals surface area contributed by atoms with E-state index in [9.17, 15) is 18.0 Å². The molecule has 3 aliphatic rings. The number of nitrogens with zero attached hydrogens (tertiary/aromatic N) is 3. The van der Waals surface area contributed by atoms with Crippen LogP contribution in [0.1, 0.15) is 56.1 Å². The molecule has 0 bridgehead atoms. The van der Waals surface area contributed by atoms with E-state index in [0.717, 1.165) is 69.3 Å². The third kappa shape index (κ3) is 7.35. The molecule has 5 nitrogen and oxygen atoms in total. The Morgan fingerprint density at radius 2 is 1.57 bits per heavy atom. The van der Waals surface area contributed by atoms with Gasteiger partial charge in [0.25, 0.3) is 0 Å². The number of carbonyl (C=O) groups excluding carboxylic acids is 1. The molecule has 0 aromatic heterocycles. The van der Waals surface area contributed by atoms with Gasteiger partial charge in [0.2, 0.25) is 5.91 Å². The van der Waals surface area contributed by atoms with E-state index < -0.39 is 11.7 Å². The van der Waals surface area contributed by atoms with Gasteiger partial charge >= 0.3 is 6.18 Å². The van der Waals surface area contributed by atoms with Crippen LogP contribution in [0.2, 0.25) is 0 Å². The van der Waals surface area contributed by atoms with Gasteiger partial charge in [0.05, 0.1) is 24.5 Å². The molecule has 2 aromatic carbocycles. The Kier molecular flexibility index (Phi) is 9.31. The largest absolute Gasteiger partial charge is 0.416 e. The summed E-state index contributed by atoms with van der Waals surface area (Å²) in [5, 5.41) is 0. The Labute approximate surface area is 234 Å². The lowest BCUT2D eigenvalue weighted by atomic mass is 9.94. The summed E-state index contributed by atoms with van der Waals surface area (Å²) in [6.45, 7) is 5.20. The highest BCUT2D eigenvalue weighted by Crippen LogP contribution is 2.33. The third-order valence-electron chi connectivity index (χ3n) is 8.67. The Hall–Kier alpha value is -2.65. The first kappa shape index (κ1) is 28.9. The van der Waals surface area contributed by atoms with E-state index in [0.29, 0.717) is 63.1 Å². The molecule has 0 spiro atoms. The second-order valence-electron chi connectivity index (χ2n) is 11.5. The van der Waals surface area contributed by atoms with Crippen molar-refractivity contribution in [3.8, 4) is 0 Å². The van der Waals surface area contributed by atoms with Crippen LogP contribution in [0.3, 0.4) is 0 Å². The highest BCUT2D eigenvalue weighted by atomic mass is 19.4. The van der Waals surface area contributed by atoms with Gasteiger partial charge in [-0.1, -0.05) is 25.0 Å². The van der Waals surface area contributed by atoms with Crippen LogP contribution in [-0.2, 0) is 22.3 Å². The highest BCUT2D eigenvalue weighted by molar-refractivity contribution is 5.93. The van der Waals surface area contributed by atoms with Crippen molar-refractivity contribution >= 4 is 17.3 Å². The molecule has 0 N–H and O–H groups in total. The van der Waals surface area contributed by atoms with Crippen molar-refractivity contribution in [2.45, 2.75) is 57.7 Å². The first-order chi connectivity index (χ1) is 19.3. The molecule has 5 rings (SSSR count). The lowest BCUT2D eigenvalue weighted by Crippen LogP contribution is -2.41. The van der Waals surface area contributed by atoms with Gasteiger partial charge < -0.3 is 14.5 Å². The zero-order chi connectivity index (χ0) is 28.1. The topological polar surface area (TPSA) is 36.0 Å². The molecule has 9 heteroatoms. The molecule has 40 heavy (non-hydrogen) atoms. The minimum Gasteiger partial charge on any atom is -0.378 e. The maximum absolute atomic E-state index is 15.3. The van der Waals surface area contributed by atoms with Crippen LogP contribution in [-0.4, -0.2) is 56.7 Å². The Morgan fingerprint density at radius 3 is 2.20 bits per heavy atom. The predicted molar refractivity (Wildman–Crippen MR) is 148 cm³/mol. The summed E-state index contributed by atoms with van der Waals surface area (Å²) in [5.74, 6) is 0.429. The van der Waals surface area contributed by atoms with Gasteiger partial charge in [0.1, 0.15) is 5.82 Å². The standard InChI is InChI=1S/C31H39F4N3O2/c32-28-20-27(9-10-29(28)37-15-17-40-18-16-37)38(30(39)19-23-3-1-2-4-23)22-25-11-13-36(14-12-25)21-24-5-7-26(8-6-24)31(33,34)35/h5-10,20,23,25H,1-4,11-19,21-22H2. The third-order valence-corrected chi connectivity index (χ3v) is 8.67. The second kappa shape index (κ2) is 12.9. The monoisotopic (exact) mass is 561 g/mol. The van der Waals surface area contributed by atoms with Crippen molar-refractivity contribution < 1.29 is 27.1 Å². The normalized spacial score (nSPS) is 19.8. The van der Waals surface area contributed by atoms with Crippen LogP contribution in [0.4, 0.5) is 28.9 Å². The predicted octanol–water partition coefficient (Wildman–Crippen LogP) is 6.51. The van der Waals surface area contributed by atoms with Crippen molar-refractivity contribution in [3.05, 3.63) is 59.4 Å². The van der Waals surface area contributed by atoms with E-state index >= 15 is 4.39 Å². The molecule has 0 atom stereocenters. The Morgan fingerprint density at radius 1 is 0.900 bits per heavy atom. The molecular weight excluding hydrogens is 522 g/mol. The molecule has 1 amide bonds. The van der Waals surface area contributed by atoms with Gasteiger partial charge in [0, 0.05) is 38.3 Å². The first-order valence-corrected chi connectivity index (χ1v) is 14.6. The number of halogens is 4. The number of hydrogen-bond acceptors (Lipinski definition) is 4. The average Bonchev–Trinajstić information content (AvgIpc) is 3.46. The molecule has 218 valence electrons. The van der Waals surface area contributed by atoms with E-state index in [1.54, 1.807) is 23.1 Å². The Balaban J connectivity index is 1.22. The summed E-state index contributed by atoms with van der Waals surface area (Å²) >= 11 is 0. The fourth-order valence-electron chi connectivity index (χ4n) is 6.29. The average molecular weight is 562 g/mol. The molecule has 2 aromatic rings. The van der Waals surface area contributed by atoms with Crippen molar-refractivity contribution in [1.82, 2.24) is 4.90 Å². The number of amides is 1. The van der Waals surface area contributed by atoms with Gasteiger partial charge in [0.15, 0.2) is 0 Å². The maximum atomic E-state index is 15.3. The molecule has 1 aliphatic carbocycles. The number of anilines is 2. The van der Waals surface area contributed by atoms with Crippen molar-refractivity contribution in [2.24, 2.45) is 11.8 Å². The maximum Gasteiger partial charge on any atom is 0.416 e. The van der Waals surface area contributed by atoms with Gasteiger partial charge in [-0.2, -0.15) is 13.2 Å². The molecule has 2 heterocycles. The van der Waals surface area contributed by atoms with Crippen molar-refractivity contribution in [2.75, 3.05) is 55.7 Å². The summed E-state index contributed by atoms with van der Waals surface area (Å²) in [6.07, 6.45) is 2.41. The van der Waals surface area contributed by atoms with E-state index in [1.807, 2.05) is 11.0 Å². The summed E-state index contributed by atoms with van der Waals surface area (Å²) in [6, 6.07) is 10.6. The van der Waals surface area contributed by atoms with Crippen LogP contribution in [0.15, 0.2) is 42.5 Å². The zero-order valence-electron chi connectivity index (χ0n) is 23.0. The number of morpholine rings is 1.